The Morgan fingerprint density at radius 2 is 1.74 bits per heavy atom. The molecule has 2 aromatic rings. The molecule has 1 atom stereocenters. The van der Waals surface area contributed by atoms with Crippen molar-refractivity contribution in [2.24, 2.45) is 0 Å². The molecular formula is C24H24Cl2Zr. The fourth-order valence-corrected chi connectivity index (χ4v) is 4.20. The van der Waals surface area contributed by atoms with E-state index in [9.17, 15) is 0 Å². The average molecular weight is 475 g/mol. The molecule has 27 heavy (non-hydrogen) atoms. The summed E-state index contributed by atoms with van der Waals surface area (Å²) in [6.45, 7) is 4.60. The number of halogens is 2. The van der Waals surface area contributed by atoms with Crippen LogP contribution in [0.4, 0.5) is 0 Å². The SMILES string of the molecule is CC/C=C/C(C)(C1=CC=CC1)c1cccc2c1Cc1ccccc1-2.[Cl-].[Cl-].[Zr+2]. The van der Waals surface area contributed by atoms with Crippen molar-refractivity contribution in [3.8, 4) is 11.1 Å². The Hall–Kier alpha value is -0.877. The molecule has 0 fully saturated rings. The third kappa shape index (κ3) is 4.26. The first-order valence-electron chi connectivity index (χ1n) is 8.98. The molecule has 0 saturated carbocycles. The Kier molecular flexibility index (Phi) is 9.00. The molecule has 0 N–H and O–H groups in total. The second-order valence-corrected chi connectivity index (χ2v) is 7.00. The molecule has 0 nitrogen and oxygen atoms in total. The van der Waals surface area contributed by atoms with Crippen LogP contribution >= 0.6 is 0 Å². The third-order valence-electron chi connectivity index (χ3n) is 5.54. The molecule has 2 aliphatic carbocycles. The van der Waals surface area contributed by atoms with E-state index in [0.717, 1.165) is 19.3 Å². The summed E-state index contributed by atoms with van der Waals surface area (Å²) in [6, 6.07) is 15.7. The van der Waals surface area contributed by atoms with Crippen LogP contribution in [0, 0.1) is 0 Å². The van der Waals surface area contributed by atoms with E-state index >= 15 is 0 Å². The fourth-order valence-electron chi connectivity index (χ4n) is 4.20. The third-order valence-corrected chi connectivity index (χ3v) is 5.54. The topological polar surface area (TPSA) is 0 Å². The summed E-state index contributed by atoms with van der Waals surface area (Å²) in [5, 5.41) is 0. The predicted molar refractivity (Wildman–Crippen MR) is 103 cm³/mol. The van der Waals surface area contributed by atoms with E-state index < -0.39 is 0 Å². The van der Waals surface area contributed by atoms with Crippen LogP contribution in [0.3, 0.4) is 0 Å². The molecule has 0 radical (unpaired) electrons. The van der Waals surface area contributed by atoms with Crippen LogP contribution in [0.1, 0.15) is 43.4 Å². The standard InChI is InChI=1S/C24H24.2ClH.Zr/c1-3-4-16-24(2,19-11-6-7-12-19)23-15-9-14-21-20-13-8-5-10-18(20)17-22(21)23;;;/h4-11,13-16H,3,12,17H2,1-2H3;2*1H;/q;;;+2/p-2/b16-4+;;;. The molecule has 0 aliphatic heterocycles. The summed E-state index contributed by atoms with van der Waals surface area (Å²) in [5.74, 6) is 0. The van der Waals surface area contributed by atoms with Crippen LogP contribution in [0.2, 0.25) is 0 Å². The second kappa shape index (κ2) is 10.1. The number of hydrogen-bond donors (Lipinski definition) is 0. The van der Waals surface area contributed by atoms with E-state index in [2.05, 4.69) is 86.7 Å². The van der Waals surface area contributed by atoms with Gasteiger partial charge in [-0.05, 0) is 54.0 Å². The first kappa shape index (κ1) is 24.2. The van der Waals surface area contributed by atoms with Gasteiger partial charge < -0.3 is 24.8 Å². The quantitative estimate of drug-likeness (QED) is 0.480. The Morgan fingerprint density at radius 1 is 1.00 bits per heavy atom. The Labute approximate surface area is 194 Å². The fraction of sp³-hybridized carbons (Fsp3) is 0.250. The van der Waals surface area contributed by atoms with Crippen LogP contribution in [-0.4, -0.2) is 0 Å². The van der Waals surface area contributed by atoms with E-state index in [1.807, 2.05) is 0 Å². The monoisotopic (exact) mass is 472 g/mol. The van der Waals surface area contributed by atoms with Crippen LogP contribution in [0.15, 0.2) is 78.4 Å². The van der Waals surface area contributed by atoms with Crippen molar-refractivity contribution in [3.05, 3.63) is 95.1 Å². The van der Waals surface area contributed by atoms with Crippen molar-refractivity contribution >= 4 is 0 Å². The molecule has 0 amide bonds. The summed E-state index contributed by atoms with van der Waals surface area (Å²) in [4.78, 5) is 0. The first-order valence-corrected chi connectivity index (χ1v) is 8.98. The van der Waals surface area contributed by atoms with Gasteiger partial charge in [-0.2, -0.15) is 0 Å². The van der Waals surface area contributed by atoms with Gasteiger partial charge in [-0.1, -0.05) is 85.3 Å². The van der Waals surface area contributed by atoms with Gasteiger partial charge in [-0.3, -0.25) is 0 Å². The molecule has 0 saturated heterocycles. The minimum absolute atomic E-state index is 0. The molecule has 3 heteroatoms. The van der Waals surface area contributed by atoms with Crippen molar-refractivity contribution in [2.75, 3.05) is 0 Å². The summed E-state index contributed by atoms with van der Waals surface area (Å²) in [5.41, 5.74) is 8.75. The van der Waals surface area contributed by atoms with Crippen molar-refractivity contribution in [3.63, 3.8) is 0 Å². The van der Waals surface area contributed by atoms with Crippen LogP contribution in [0.5, 0.6) is 0 Å². The van der Waals surface area contributed by atoms with Gasteiger partial charge in [-0.15, -0.1) is 0 Å². The summed E-state index contributed by atoms with van der Waals surface area (Å²) >= 11 is 0. The average Bonchev–Trinajstić information content (AvgIpc) is 3.27. The number of allylic oxidation sites excluding steroid dienone is 6. The Balaban J connectivity index is 0.00000121. The van der Waals surface area contributed by atoms with Crippen LogP contribution in [0.25, 0.3) is 11.1 Å². The number of hydrogen-bond acceptors (Lipinski definition) is 0. The molecule has 1 unspecified atom stereocenters. The van der Waals surface area contributed by atoms with Gasteiger partial charge in [0.2, 0.25) is 0 Å². The van der Waals surface area contributed by atoms with Crippen molar-refractivity contribution in [1.82, 2.24) is 0 Å². The first-order chi connectivity index (χ1) is 11.7. The molecule has 0 heterocycles. The van der Waals surface area contributed by atoms with Gasteiger partial charge in [0, 0.05) is 5.41 Å². The second-order valence-electron chi connectivity index (χ2n) is 7.00. The molecule has 2 aromatic carbocycles. The predicted octanol–water partition coefficient (Wildman–Crippen LogP) is 0.374. The Morgan fingerprint density at radius 3 is 2.44 bits per heavy atom. The van der Waals surface area contributed by atoms with E-state index in [4.69, 9.17) is 0 Å². The summed E-state index contributed by atoms with van der Waals surface area (Å²) < 4.78 is 0. The number of fused-ring (bicyclic) bond motifs is 3. The van der Waals surface area contributed by atoms with Crippen molar-refractivity contribution in [1.29, 1.82) is 0 Å². The zero-order chi connectivity index (χ0) is 16.6. The summed E-state index contributed by atoms with van der Waals surface area (Å²) in [6.07, 6.45) is 14.7. The zero-order valence-electron chi connectivity index (χ0n) is 15.8. The molecule has 0 aromatic heterocycles. The van der Waals surface area contributed by atoms with Gasteiger partial charge in [0.15, 0.2) is 0 Å². The molecule has 0 spiro atoms. The maximum Gasteiger partial charge on any atom is 2.00 e. The molecule has 4 rings (SSSR count). The molecule has 138 valence electrons. The number of benzene rings is 2. The van der Waals surface area contributed by atoms with E-state index in [1.165, 1.54) is 33.4 Å². The van der Waals surface area contributed by atoms with Crippen LogP contribution in [-0.2, 0) is 38.0 Å². The van der Waals surface area contributed by atoms with Crippen LogP contribution < -0.4 is 24.8 Å². The van der Waals surface area contributed by atoms with Gasteiger partial charge in [-0.25, -0.2) is 0 Å². The van der Waals surface area contributed by atoms with Gasteiger partial charge in [0.1, 0.15) is 0 Å². The molecule has 2 aliphatic rings. The smallest absolute Gasteiger partial charge is 1.00 e. The van der Waals surface area contributed by atoms with E-state index in [-0.39, 0.29) is 56.4 Å². The molecular weight excluding hydrogens is 450 g/mol. The minimum atomic E-state index is -0.0209. The minimum Gasteiger partial charge on any atom is -1.00 e. The van der Waals surface area contributed by atoms with E-state index in [0.29, 0.717) is 0 Å². The maximum atomic E-state index is 2.42. The van der Waals surface area contributed by atoms with Crippen molar-refractivity contribution in [2.45, 2.75) is 38.5 Å². The normalized spacial score (nSPS) is 15.7. The van der Waals surface area contributed by atoms with Crippen molar-refractivity contribution < 1.29 is 51.0 Å². The maximum absolute atomic E-state index is 2.42. The van der Waals surface area contributed by atoms with Gasteiger partial charge in [0.05, 0.1) is 0 Å². The largest absolute Gasteiger partial charge is 2.00 e. The van der Waals surface area contributed by atoms with Gasteiger partial charge >= 0.3 is 26.2 Å². The van der Waals surface area contributed by atoms with Gasteiger partial charge in [0.25, 0.3) is 0 Å². The Bertz CT molecular complexity index is 880. The van der Waals surface area contributed by atoms with E-state index in [1.54, 1.807) is 0 Å². The molecule has 0 bridgehead atoms. The number of rotatable bonds is 4. The zero-order valence-corrected chi connectivity index (χ0v) is 19.8. The summed E-state index contributed by atoms with van der Waals surface area (Å²) in [7, 11) is 0.